The highest BCUT2D eigenvalue weighted by atomic mass is 35.5. The van der Waals surface area contributed by atoms with Gasteiger partial charge in [0.15, 0.2) is 0 Å². The lowest BCUT2D eigenvalue weighted by Crippen LogP contribution is -2.38. The zero-order valence-electron chi connectivity index (χ0n) is 8.23. The fourth-order valence-corrected chi connectivity index (χ4v) is 3.95. The smallest absolute Gasteiger partial charge is 0.334 e. The lowest BCUT2D eigenvalue weighted by molar-refractivity contribution is 0.189. The Morgan fingerprint density at radius 2 is 1.62 bits per heavy atom. The van der Waals surface area contributed by atoms with Gasteiger partial charge in [-0.3, -0.25) is 0 Å². The summed E-state index contributed by atoms with van der Waals surface area (Å²) < 4.78 is 11.3. The van der Waals surface area contributed by atoms with Crippen molar-refractivity contribution in [2.24, 2.45) is 0 Å². The van der Waals surface area contributed by atoms with Crippen LogP contribution in [0.4, 0.5) is 0 Å². The monoisotopic (exact) mass is 242 g/mol. The van der Waals surface area contributed by atoms with Crippen molar-refractivity contribution in [3.8, 4) is 0 Å². The average molecular weight is 243 g/mol. The molecule has 0 spiro atoms. The molecule has 0 aromatic heterocycles. The number of hydrogen-bond acceptors (Lipinski definition) is 2. The first-order valence-electron chi connectivity index (χ1n) is 4.52. The molecule has 0 unspecified atom stereocenters. The Hall–Kier alpha value is 0.644. The Kier molecular flexibility index (Phi) is 11.4. The highest BCUT2D eigenvalue weighted by molar-refractivity contribution is 6.66. The Morgan fingerprint density at radius 3 is 1.92 bits per heavy atom. The van der Waals surface area contributed by atoms with Crippen LogP contribution in [-0.4, -0.2) is 38.6 Å². The first-order valence-corrected chi connectivity index (χ1v) is 7.58. The third kappa shape index (κ3) is 7.69. The van der Waals surface area contributed by atoms with Gasteiger partial charge in [0, 0.05) is 19.1 Å². The van der Waals surface area contributed by atoms with Gasteiger partial charge in [-0.05, 0) is 43.8 Å². The van der Waals surface area contributed by atoms with Crippen molar-refractivity contribution in [2.45, 2.75) is 32.9 Å². The van der Waals surface area contributed by atoms with Crippen LogP contribution in [0.3, 0.4) is 0 Å². The van der Waals surface area contributed by atoms with Crippen LogP contribution < -0.4 is 0 Å². The average Bonchev–Trinajstić information content (AvgIpc) is 2.02. The van der Waals surface area contributed by atoms with Crippen molar-refractivity contribution < 1.29 is 8.85 Å². The van der Waals surface area contributed by atoms with Gasteiger partial charge in [-0.1, -0.05) is 0 Å². The van der Waals surface area contributed by atoms with Crippen LogP contribution in [0.15, 0.2) is 0 Å². The van der Waals surface area contributed by atoms with E-state index in [9.17, 15) is 0 Å². The van der Waals surface area contributed by atoms with E-state index in [1.54, 1.807) is 0 Å². The van der Waals surface area contributed by atoms with E-state index in [0.717, 1.165) is 25.7 Å². The van der Waals surface area contributed by atoms with Crippen LogP contribution in [0.1, 0.15) is 20.3 Å². The van der Waals surface area contributed by atoms with Gasteiger partial charge in [-0.15, -0.1) is 11.6 Å². The molecule has 13 heavy (non-hydrogen) atoms. The van der Waals surface area contributed by atoms with E-state index in [4.69, 9.17) is 20.5 Å². The maximum absolute atomic E-state index is 5.63. The Bertz CT molecular complexity index is 108. The molecule has 0 atom stereocenters. The van der Waals surface area contributed by atoms with Gasteiger partial charge < -0.3 is 8.85 Å². The van der Waals surface area contributed by atoms with E-state index in [1.807, 2.05) is 13.8 Å². The molecule has 0 heterocycles. The second-order valence-electron chi connectivity index (χ2n) is 2.79. The standard InChI is InChI=1S/C8H19ClO2Si.H4Si/c1-4-10-12(3,11-5-2)8-6-7-9;/h4-8H2,1-3H3;1H4. The first kappa shape index (κ1) is 16.1. The molecule has 82 valence electrons. The molecule has 0 bridgehead atoms. The third-order valence-corrected chi connectivity index (χ3v) is 4.99. The predicted molar refractivity (Wildman–Crippen MR) is 66.3 cm³/mol. The maximum Gasteiger partial charge on any atom is 0.334 e. The zero-order valence-corrected chi connectivity index (χ0v) is 9.99. The predicted octanol–water partition coefficient (Wildman–Crippen LogP) is 1.31. The maximum atomic E-state index is 5.63. The summed E-state index contributed by atoms with van der Waals surface area (Å²) in [6.45, 7) is 7.60. The molecule has 0 N–H and O–H groups in total. The highest BCUT2D eigenvalue weighted by Crippen LogP contribution is 2.15. The molecule has 0 radical (unpaired) electrons. The summed E-state index contributed by atoms with van der Waals surface area (Å²) in [5, 5.41) is 0. The summed E-state index contributed by atoms with van der Waals surface area (Å²) in [6, 6.07) is 0.998. The molecule has 2 nitrogen and oxygen atoms in total. The van der Waals surface area contributed by atoms with Gasteiger partial charge in [0.05, 0.1) is 0 Å². The van der Waals surface area contributed by atoms with E-state index in [-0.39, 0.29) is 11.0 Å². The van der Waals surface area contributed by atoms with Gasteiger partial charge in [-0.2, -0.15) is 0 Å². The molecular formula is C8H23ClO2Si2. The van der Waals surface area contributed by atoms with E-state index >= 15 is 0 Å². The molecule has 0 saturated carbocycles. The van der Waals surface area contributed by atoms with E-state index in [1.165, 1.54) is 0 Å². The van der Waals surface area contributed by atoms with Crippen molar-refractivity contribution in [3.63, 3.8) is 0 Å². The van der Waals surface area contributed by atoms with Crippen LogP contribution in [0, 0.1) is 0 Å². The van der Waals surface area contributed by atoms with Gasteiger partial charge in [0.1, 0.15) is 0 Å². The van der Waals surface area contributed by atoms with Crippen molar-refractivity contribution in [1.29, 1.82) is 0 Å². The molecule has 0 aromatic rings. The summed E-state index contributed by atoms with van der Waals surface area (Å²) in [7, 11) is -1.85. The second-order valence-corrected chi connectivity index (χ2v) is 6.52. The summed E-state index contributed by atoms with van der Waals surface area (Å²) in [5.41, 5.74) is 0. The minimum Gasteiger partial charge on any atom is -0.395 e. The van der Waals surface area contributed by atoms with Crippen molar-refractivity contribution >= 4 is 31.1 Å². The van der Waals surface area contributed by atoms with Gasteiger partial charge in [0.2, 0.25) is 0 Å². The number of rotatable bonds is 7. The normalized spacial score (nSPS) is 11.1. The number of hydrogen-bond donors (Lipinski definition) is 0. The minimum absolute atomic E-state index is 0. The highest BCUT2D eigenvalue weighted by Gasteiger charge is 2.29. The van der Waals surface area contributed by atoms with Crippen LogP contribution in [0.25, 0.3) is 0 Å². The lowest BCUT2D eigenvalue weighted by Gasteiger charge is -2.25. The second kappa shape index (κ2) is 9.21. The Morgan fingerprint density at radius 1 is 1.15 bits per heavy atom. The summed E-state index contributed by atoms with van der Waals surface area (Å²) in [6.07, 6.45) is 0.990. The van der Waals surface area contributed by atoms with Crippen LogP contribution in [0.5, 0.6) is 0 Å². The van der Waals surface area contributed by atoms with Crippen molar-refractivity contribution in [1.82, 2.24) is 0 Å². The molecule has 0 aliphatic rings. The van der Waals surface area contributed by atoms with E-state index < -0.39 is 8.56 Å². The van der Waals surface area contributed by atoms with Crippen LogP contribution >= 0.6 is 11.6 Å². The Balaban J connectivity index is 0. The number of alkyl halides is 1. The van der Waals surface area contributed by atoms with Crippen LogP contribution in [0.2, 0.25) is 12.6 Å². The molecule has 0 amide bonds. The first-order chi connectivity index (χ1) is 5.68. The quantitative estimate of drug-likeness (QED) is 0.495. The topological polar surface area (TPSA) is 18.5 Å². The SMILES string of the molecule is CCO[Si](C)(CCCCl)OCC.[SiH4]. The van der Waals surface area contributed by atoms with E-state index in [0.29, 0.717) is 5.88 Å². The molecule has 0 aliphatic heterocycles. The molecular weight excluding hydrogens is 220 g/mol. The molecule has 0 fully saturated rings. The molecule has 0 rings (SSSR count). The molecule has 0 aromatic carbocycles. The largest absolute Gasteiger partial charge is 0.395 e. The number of halogens is 1. The Labute approximate surface area is 92.2 Å². The van der Waals surface area contributed by atoms with Gasteiger partial charge >= 0.3 is 8.56 Å². The van der Waals surface area contributed by atoms with E-state index in [2.05, 4.69) is 6.55 Å². The molecule has 0 saturated heterocycles. The zero-order chi connectivity index (χ0) is 9.45. The summed E-state index contributed by atoms with van der Waals surface area (Å²) >= 11 is 5.62. The van der Waals surface area contributed by atoms with Gasteiger partial charge in [-0.25, -0.2) is 0 Å². The fourth-order valence-electron chi connectivity index (χ4n) is 1.18. The molecule has 5 heteroatoms. The lowest BCUT2D eigenvalue weighted by atomic mass is 10.6. The van der Waals surface area contributed by atoms with Crippen molar-refractivity contribution in [2.75, 3.05) is 19.1 Å². The third-order valence-electron chi connectivity index (χ3n) is 1.66. The van der Waals surface area contributed by atoms with Gasteiger partial charge in [0.25, 0.3) is 0 Å². The summed E-state index contributed by atoms with van der Waals surface area (Å²) in [5.74, 6) is 0.697. The van der Waals surface area contributed by atoms with Crippen molar-refractivity contribution in [3.05, 3.63) is 0 Å². The minimum atomic E-state index is -1.85. The van der Waals surface area contributed by atoms with Crippen LogP contribution in [-0.2, 0) is 8.85 Å². The summed E-state index contributed by atoms with van der Waals surface area (Å²) in [4.78, 5) is 0. The molecule has 0 aliphatic carbocycles. The fraction of sp³-hybridized carbons (Fsp3) is 1.00.